The van der Waals surface area contributed by atoms with Gasteiger partial charge in [0.05, 0.1) is 11.8 Å². The summed E-state index contributed by atoms with van der Waals surface area (Å²) in [5.41, 5.74) is 5.71. The number of hydrogen-bond donors (Lipinski definition) is 3. The van der Waals surface area contributed by atoms with Crippen molar-refractivity contribution in [3.63, 3.8) is 0 Å². The molecule has 0 aliphatic carbocycles. The zero-order valence-corrected chi connectivity index (χ0v) is 17.2. The minimum absolute atomic E-state index is 0.0232. The summed E-state index contributed by atoms with van der Waals surface area (Å²) in [6.45, 7) is 1.77. The molecule has 1 saturated heterocycles. The van der Waals surface area contributed by atoms with Crippen LogP contribution in [0.2, 0.25) is 0 Å². The summed E-state index contributed by atoms with van der Waals surface area (Å²) in [4.78, 5) is 24.9. The van der Waals surface area contributed by atoms with Gasteiger partial charge >= 0.3 is 0 Å². The first kappa shape index (κ1) is 21.1. The number of amides is 1. The topological polar surface area (TPSA) is 115 Å². The first-order valence-corrected chi connectivity index (χ1v) is 10.5. The SMILES string of the molecule is Nc1sc(-c2c(F)cccc2F)nc1C(=O)Nc1cncnc1OC1CCCNCC1. The maximum absolute atomic E-state index is 14.1. The molecule has 31 heavy (non-hydrogen) atoms. The van der Waals surface area contributed by atoms with E-state index in [1.165, 1.54) is 18.6 Å². The van der Waals surface area contributed by atoms with E-state index in [-0.39, 0.29) is 38.9 Å². The number of hydrogen-bond acceptors (Lipinski definition) is 8. The molecule has 4 N–H and O–H groups in total. The Labute approximate surface area is 180 Å². The fourth-order valence-corrected chi connectivity index (χ4v) is 4.12. The van der Waals surface area contributed by atoms with Gasteiger partial charge in [0.2, 0.25) is 5.88 Å². The van der Waals surface area contributed by atoms with Gasteiger partial charge in [-0.2, -0.15) is 4.98 Å². The summed E-state index contributed by atoms with van der Waals surface area (Å²) in [5.74, 6) is -1.99. The second-order valence-corrected chi connectivity index (χ2v) is 7.98. The Morgan fingerprint density at radius 3 is 2.87 bits per heavy atom. The van der Waals surface area contributed by atoms with E-state index in [9.17, 15) is 13.6 Å². The predicted molar refractivity (Wildman–Crippen MR) is 113 cm³/mol. The van der Waals surface area contributed by atoms with Gasteiger partial charge in [-0.1, -0.05) is 17.4 Å². The molecule has 1 aliphatic rings. The third-order valence-corrected chi connectivity index (χ3v) is 5.67. The van der Waals surface area contributed by atoms with Crippen LogP contribution in [0, 0.1) is 11.6 Å². The van der Waals surface area contributed by atoms with E-state index in [2.05, 4.69) is 25.6 Å². The largest absolute Gasteiger partial charge is 0.473 e. The average Bonchev–Trinajstić information content (AvgIpc) is 2.94. The lowest BCUT2D eigenvalue weighted by Gasteiger charge is -2.17. The van der Waals surface area contributed by atoms with Gasteiger partial charge in [-0.15, -0.1) is 0 Å². The standard InChI is InChI=1S/C20H20F2N6O2S/c21-12-4-1-5-13(22)15(12)20-28-16(17(23)31-20)18(29)27-14-9-25-10-26-19(14)30-11-3-2-7-24-8-6-11/h1,4-5,9-11,24H,2-3,6-8,23H2,(H,27,29). The molecule has 1 aliphatic heterocycles. The maximum atomic E-state index is 14.1. The zero-order valence-electron chi connectivity index (χ0n) is 16.4. The Kier molecular flexibility index (Phi) is 6.33. The molecule has 1 amide bonds. The van der Waals surface area contributed by atoms with Crippen molar-refractivity contribution in [2.45, 2.75) is 25.4 Å². The van der Waals surface area contributed by atoms with Crippen LogP contribution in [0.1, 0.15) is 29.8 Å². The third kappa shape index (κ3) is 4.78. The zero-order chi connectivity index (χ0) is 21.8. The number of nitrogens with two attached hydrogens (primary N) is 1. The third-order valence-electron chi connectivity index (χ3n) is 4.77. The summed E-state index contributed by atoms with van der Waals surface area (Å²) in [5, 5.41) is 5.95. The number of halogens is 2. The average molecular weight is 446 g/mol. The molecule has 0 saturated carbocycles. The molecule has 3 heterocycles. The molecule has 11 heteroatoms. The Bertz CT molecular complexity index is 1070. The lowest BCUT2D eigenvalue weighted by molar-refractivity contribution is 0.102. The molecular formula is C20H20F2N6O2S. The number of nitrogens with one attached hydrogen (secondary N) is 2. The Morgan fingerprint density at radius 2 is 2.06 bits per heavy atom. The van der Waals surface area contributed by atoms with E-state index in [0.717, 1.165) is 55.8 Å². The molecule has 2 aromatic heterocycles. The van der Waals surface area contributed by atoms with E-state index in [4.69, 9.17) is 10.5 Å². The Morgan fingerprint density at radius 1 is 1.26 bits per heavy atom. The van der Waals surface area contributed by atoms with Crippen molar-refractivity contribution in [3.05, 3.63) is 48.1 Å². The molecule has 0 bridgehead atoms. The van der Waals surface area contributed by atoms with Crippen molar-refractivity contribution >= 4 is 27.9 Å². The van der Waals surface area contributed by atoms with E-state index in [1.54, 1.807) is 0 Å². The number of anilines is 2. The molecular weight excluding hydrogens is 426 g/mol. The summed E-state index contributed by atoms with van der Waals surface area (Å²) >= 11 is 0.826. The Hall–Kier alpha value is -3.18. The molecule has 1 aromatic carbocycles. The summed E-state index contributed by atoms with van der Waals surface area (Å²) < 4.78 is 34.1. The number of nitrogen functional groups attached to an aromatic ring is 1. The number of ether oxygens (including phenoxy) is 1. The second kappa shape index (κ2) is 9.31. The van der Waals surface area contributed by atoms with Gasteiger partial charge in [-0.05, 0) is 44.5 Å². The lowest BCUT2D eigenvalue weighted by Crippen LogP contribution is -2.21. The monoisotopic (exact) mass is 446 g/mol. The number of rotatable bonds is 5. The van der Waals surface area contributed by atoms with Crippen molar-refractivity contribution in [1.82, 2.24) is 20.3 Å². The fourth-order valence-electron chi connectivity index (χ4n) is 3.25. The van der Waals surface area contributed by atoms with Gasteiger partial charge in [0, 0.05) is 0 Å². The molecule has 1 unspecified atom stereocenters. The van der Waals surface area contributed by atoms with Gasteiger partial charge in [-0.25, -0.2) is 18.7 Å². The maximum Gasteiger partial charge on any atom is 0.277 e. The lowest BCUT2D eigenvalue weighted by atomic mass is 10.1. The molecule has 0 spiro atoms. The summed E-state index contributed by atoms with van der Waals surface area (Å²) in [6.07, 6.45) is 5.35. The van der Waals surface area contributed by atoms with Crippen LogP contribution in [-0.4, -0.2) is 40.1 Å². The van der Waals surface area contributed by atoms with Gasteiger partial charge in [-0.3, -0.25) is 4.79 Å². The minimum atomic E-state index is -0.786. The Balaban J connectivity index is 1.55. The first-order chi connectivity index (χ1) is 15.0. The van der Waals surface area contributed by atoms with Gasteiger partial charge in [0.15, 0.2) is 5.69 Å². The molecule has 1 fully saturated rings. The van der Waals surface area contributed by atoms with Crippen LogP contribution in [0.3, 0.4) is 0 Å². The number of carbonyl (C=O) groups excluding carboxylic acids is 1. The van der Waals surface area contributed by atoms with E-state index < -0.39 is 17.5 Å². The molecule has 0 radical (unpaired) electrons. The molecule has 4 rings (SSSR count). The molecule has 3 aromatic rings. The van der Waals surface area contributed by atoms with Crippen molar-refractivity contribution < 1.29 is 18.3 Å². The highest BCUT2D eigenvalue weighted by molar-refractivity contribution is 7.19. The number of thiazole rings is 1. The van der Waals surface area contributed by atoms with Crippen molar-refractivity contribution in [3.8, 4) is 16.5 Å². The first-order valence-electron chi connectivity index (χ1n) is 9.72. The number of carbonyl (C=O) groups is 1. The van der Waals surface area contributed by atoms with Crippen molar-refractivity contribution in [1.29, 1.82) is 0 Å². The normalized spacial score (nSPS) is 16.5. The van der Waals surface area contributed by atoms with Crippen LogP contribution in [0.4, 0.5) is 19.5 Å². The van der Waals surface area contributed by atoms with Gasteiger partial charge < -0.3 is 21.1 Å². The quantitative estimate of drug-likeness (QED) is 0.551. The van der Waals surface area contributed by atoms with Crippen LogP contribution in [0.15, 0.2) is 30.7 Å². The van der Waals surface area contributed by atoms with E-state index in [1.807, 2.05) is 0 Å². The van der Waals surface area contributed by atoms with Gasteiger partial charge in [0.25, 0.3) is 5.91 Å². The summed E-state index contributed by atoms with van der Waals surface area (Å²) in [6, 6.07) is 3.48. The van der Waals surface area contributed by atoms with E-state index >= 15 is 0 Å². The van der Waals surface area contributed by atoms with Crippen LogP contribution in [-0.2, 0) is 0 Å². The molecule has 8 nitrogen and oxygen atoms in total. The molecule has 162 valence electrons. The van der Waals surface area contributed by atoms with Gasteiger partial charge in [0.1, 0.15) is 39.8 Å². The minimum Gasteiger partial charge on any atom is -0.473 e. The van der Waals surface area contributed by atoms with Crippen LogP contribution < -0.4 is 21.1 Å². The highest BCUT2D eigenvalue weighted by Gasteiger charge is 2.23. The predicted octanol–water partition coefficient (Wildman–Crippen LogP) is 3.23. The highest BCUT2D eigenvalue weighted by Crippen LogP contribution is 2.34. The fraction of sp³-hybridized carbons (Fsp3) is 0.300. The van der Waals surface area contributed by atoms with E-state index in [0.29, 0.717) is 0 Å². The highest BCUT2D eigenvalue weighted by atomic mass is 32.1. The second-order valence-electron chi connectivity index (χ2n) is 6.94. The van der Waals surface area contributed by atoms with Crippen LogP contribution >= 0.6 is 11.3 Å². The smallest absolute Gasteiger partial charge is 0.277 e. The van der Waals surface area contributed by atoms with Crippen LogP contribution in [0.5, 0.6) is 5.88 Å². The number of aromatic nitrogens is 3. The van der Waals surface area contributed by atoms with Crippen molar-refractivity contribution in [2.75, 3.05) is 24.1 Å². The number of benzene rings is 1. The van der Waals surface area contributed by atoms with Crippen molar-refractivity contribution in [2.24, 2.45) is 0 Å². The molecule has 1 atom stereocenters. The van der Waals surface area contributed by atoms with Crippen LogP contribution in [0.25, 0.3) is 10.6 Å². The summed E-state index contributed by atoms with van der Waals surface area (Å²) in [7, 11) is 0. The number of nitrogens with zero attached hydrogens (tertiary/aromatic N) is 3.